The quantitative estimate of drug-likeness (QED) is 0.632. The van der Waals surface area contributed by atoms with Gasteiger partial charge in [0.1, 0.15) is 5.82 Å². The first-order valence-electron chi connectivity index (χ1n) is 7.45. The predicted octanol–water partition coefficient (Wildman–Crippen LogP) is 3.81. The van der Waals surface area contributed by atoms with Gasteiger partial charge in [0.25, 0.3) is 5.16 Å². The molecular weight excluding hydrogens is 363 g/mol. The zero-order valence-corrected chi connectivity index (χ0v) is 15.2. The highest BCUT2D eigenvalue weighted by Gasteiger charge is 2.17. The second kappa shape index (κ2) is 6.89. The van der Waals surface area contributed by atoms with E-state index in [4.69, 9.17) is 4.74 Å². The molecule has 0 fully saturated rings. The Labute approximate surface area is 149 Å². The standard InChI is InChI=1S/C17H15FN2O3S2/c1-3-23-16-10-13(19-17(20-16)25(2,21)22)15-8-7-14(24-15)11-5-4-6-12(18)9-11/h4-10H,3H2,1-2H3. The molecule has 0 aliphatic carbocycles. The molecule has 0 aliphatic heterocycles. The van der Waals surface area contributed by atoms with Crippen molar-refractivity contribution in [3.05, 3.63) is 48.3 Å². The molecule has 25 heavy (non-hydrogen) atoms. The molecule has 3 rings (SSSR count). The minimum absolute atomic E-state index is 0.202. The fourth-order valence-electron chi connectivity index (χ4n) is 2.19. The largest absolute Gasteiger partial charge is 0.478 e. The fraction of sp³-hybridized carbons (Fsp3) is 0.176. The Morgan fingerprint density at radius 2 is 1.88 bits per heavy atom. The molecule has 0 saturated carbocycles. The van der Waals surface area contributed by atoms with Crippen molar-refractivity contribution in [3.8, 4) is 26.9 Å². The van der Waals surface area contributed by atoms with E-state index in [1.807, 2.05) is 18.2 Å². The number of hydrogen-bond acceptors (Lipinski definition) is 6. The first-order valence-corrected chi connectivity index (χ1v) is 10.2. The molecule has 0 radical (unpaired) electrons. The molecule has 0 bridgehead atoms. The summed E-state index contributed by atoms with van der Waals surface area (Å²) in [6, 6.07) is 11.5. The van der Waals surface area contributed by atoms with Crippen LogP contribution in [0, 0.1) is 5.82 Å². The SMILES string of the molecule is CCOc1cc(-c2ccc(-c3cccc(F)c3)s2)nc(S(C)(=O)=O)n1. The molecule has 2 aromatic heterocycles. The van der Waals surface area contributed by atoms with E-state index in [-0.39, 0.29) is 16.9 Å². The van der Waals surface area contributed by atoms with E-state index in [1.54, 1.807) is 19.1 Å². The van der Waals surface area contributed by atoms with Crippen LogP contribution in [-0.2, 0) is 9.84 Å². The van der Waals surface area contributed by atoms with Gasteiger partial charge in [-0.2, -0.15) is 4.98 Å². The molecule has 5 nitrogen and oxygen atoms in total. The van der Waals surface area contributed by atoms with Crippen LogP contribution < -0.4 is 4.74 Å². The molecule has 0 amide bonds. The van der Waals surface area contributed by atoms with Gasteiger partial charge >= 0.3 is 0 Å². The number of rotatable bonds is 5. The predicted molar refractivity (Wildman–Crippen MR) is 95.0 cm³/mol. The van der Waals surface area contributed by atoms with Crippen LogP contribution in [0.1, 0.15) is 6.92 Å². The van der Waals surface area contributed by atoms with Crippen LogP contribution in [0.5, 0.6) is 5.88 Å². The Kier molecular flexibility index (Phi) is 4.82. The topological polar surface area (TPSA) is 69.2 Å². The summed E-state index contributed by atoms with van der Waals surface area (Å²) in [7, 11) is -3.57. The monoisotopic (exact) mass is 378 g/mol. The number of sulfone groups is 1. The maximum atomic E-state index is 13.4. The van der Waals surface area contributed by atoms with Crippen LogP contribution in [0.4, 0.5) is 4.39 Å². The van der Waals surface area contributed by atoms with Crippen LogP contribution in [-0.4, -0.2) is 31.2 Å². The van der Waals surface area contributed by atoms with Gasteiger partial charge in [0.2, 0.25) is 15.7 Å². The van der Waals surface area contributed by atoms with Gasteiger partial charge in [-0.3, -0.25) is 0 Å². The summed E-state index contributed by atoms with van der Waals surface area (Å²) in [5, 5.41) is -0.283. The number of benzene rings is 1. The average Bonchev–Trinajstić information content (AvgIpc) is 3.04. The Balaban J connectivity index is 2.06. The summed E-state index contributed by atoms with van der Waals surface area (Å²) in [5.41, 5.74) is 1.20. The zero-order valence-electron chi connectivity index (χ0n) is 13.6. The van der Waals surface area contributed by atoms with E-state index in [0.717, 1.165) is 21.6 Å². The van der Waals surface area contributed by atoms with E-state index in [0.29, 0.717) is 12.3 Å². The maximum absolute atomic E-state index is 13.4. The van der Waals surface area contributed by atoms with Crippen molar-refractivity contribution in [1.82, 2.24) is 9.97 Å². The van der Waals surface area contributed by atoms with E-state index in [1.165, 1.54) is 23.5 Å². The highest BCUT2D eigenvalue weighted by Crippen LogP contribution is 2.35. The van der Waals surface area contributed by atoms with Gasteiger partial charge in [0.15, 0.2) is 0 Å². The maximum Gasteiger partial charge on any atom is 0.250 e. The summed E-state index contributed by atoms with van der Waals surface area (Å²) < 4.78 is 42.4. The highest BCUT2D eigenvalue weighted by atomic mass is 32.2. The fourth-order valence-corrected chi connectivity index (χ4v) is 3.67. The Morgan fingerprint density at radius 1 is 1.12 bits per heavy atom. The van der Waals surface area contributed by atoms with Gasteiger partial charge < -0.3 is 4.74 Å². The molecule has 130 valence electrons. The third-order valence-electron chi connectivity index (χ3n) is 3.27. The number of halogens is 1. The highest BCUT2D eigenvalue weighted by molar-refractivity contribution is 7.90. The lowest BCUT2D eigenvalue weighted by molar-refractivity contribution is 0.323. The van der Waals surface area contributed by atoms with Gasteiger partial charge in [-0.1, -0.05) is 12.1 Å². The van der Waals surface area contributed by atoms with Gasteiger partial charge in [-0.05, 0) is 36.8 Å². The van der Waals surface area contributed by atoms with Crippen LogP contribution in [0.15, 0.2) is 47.6 Å². The van der Waals surface area contributed by atoms with Gasteiger partial charge in [0, 0.05) is 17.2 Å². The molecule has 0 atom stereocenters. The summed E-state index contributed by atoms with van der Waals surface area (Å²) >= 11 is 1.39. The third kappa shape index (κ3) is 4.02. The molecule has 0 saturated heterocycles. The lowest BCUT2D eigenvalue weighted by Crippen LogP contribution is -2.07. The summed E-state index contributed by atoms with van der Waals surface area (Å²) in [6.07, 6.45) is 1.05. The molecule has 3 aromatic rings. The lowest BCUT2D eigenvalue weighted by Gasteiger charge is -2.06. The molecule has 2 heterocycles. The smallest absolute Gasteiger partial charge is 0.250 e. The van der Waals surface area contributed by atoms with E-state index in [2.05, 4.69) is 9.97 Å². The molecule has 0 aliphatic rings. The number of thiophene rings is 1. The summed E-state index contributed by atoms with van der Waals surface area (Å²) in [4.78, 5) is 9.67. The van der Waals surface area contributed by atoms with Crippen LogP contribution >= 0.6 is 11.3 Å². The zero-order chi connectivity index (χ0) is 18.0. The molecule has 8 heteroatoms. The summed E-state index contributed by atoms with van der Waals surface area (Å²) in [6.45, 7) is 2.15. The summed E-state index contributed by atoms with van der Waals surface area (Å²) in [5.74, 6) is -0.110. The average molecular weight is 378 g/mol. The molecule has 0 spiro atoms. The molecule has 0 N–H and O–H groups in total. The van der Waals surface area contributed by atoms with Crippen molar-refractivity contribution in [2.24, 2.45) is 0 Å². The Morgan fingerprint density at radius 3 is 2.56 bits per heavy atom. The van der Waals surface area contributed by atoms with Gasteiger partial charge in [-0.25, -0.2) is 17.8 Å². The second-order valence-electron chi connectivity index (χ2n) is 5.25. The van der Waals surface area contributed by atoms with E-state index in [9.17, 15) is 12.8 Å². The normalized spacial score (nSPS) is 11.5. The third-order valence-corrected chi connectivity index (χ3v) is 5.28. The number of aromatic nitrogens is 2. The number of hydrogen-bond donors (Lipinski definition) is 0. The van der Waals surface area contributed by atoms with E-state index < -0.39 is 9.84 Å². The number of nitrogens with zero attached hydrogens (tertiary/aromatic N) is 2. The number of ether oxygens (including phenoxy) is 1. The van der Waals surface area contributed by atoms with Crippen molar-refractivity contribution in [2.75, 3.05) is 12.9 Å². The van der Waals surface area contributed by atoms with Crippen molar-refractivity contribution in [3.63, 3.8) is 0 Å². The van der Waals surface area contributed by atoms with E-state index >= 15 is 0 Å². The first kappa shape index (κ1) is 17.5. The van der Waals surface area contributed by atoms with Crippen molar-refractivity contribution in [2.45, 2.75) is 12.1 Å². The van der Waals surface area contributed by atoms with Crippen molar-refractivity contribution < 1.29 is 17.5 Å². The minimum Gasteiger partial charge on any atom is -0.478 e. The molecule has 1 aromatic carbocycles. The van der Waals surface area contributed by atoms with Crippen LogP contribution in [0.3, 0.4) is 0 Å². The lowest BCUT2D eigenvalue weighted by atomic mass is 10.2. The second-order valence-corrected chi connectivity index (χ2v) is 8.25. The Hall–Kier alpha value is -2.32. The first-order chi connectivity index (χ1) is 11.9. The van der Waals surface area contributed by atoms with Crippen LogP contribution in [0.2, 0.25) is 0 Å². The molecule has 0 unspecified atom stereocenters. The van der Waals surface area contributed by atoms with Gasteiger partial charge in [0.05, 0.1) is 17.2 Å². The minimum atomic E-state index is -3.57. The van der Waals surface area contributed by atoms with Crippen molar-refractivity contribution in [1.29, 1.82) is 0 Å². The molecular formula is C17H15FN2O3S2. The Bertz CT molecular complexity index is 1020. The van der Waals surface area contributed by atoms with Crippen molar-refractivity contribution >= 4 is 21.2 Å². The van der Waals surface area contributed by atoms with Crippen LogP contribution in [0.25, 0.3) is 21.0 Å². The van der Waals surface area contributed by atoms with Gasteiger partial charge in [-0.15, -0.1) is 11.3 Å².